The first-order chi connectivity index (χ1) is 14.0. The molecule has 0 aromatic heterocycles. The first kappa shape index (κ1) is 21.0. The second kappa shape index (κ2) is 10.2. The van der Waals surface area contributed by atoms with Crippen molar-refractivity contribution in [1.29, 1.82) is 0 Å². The Morgan fingerprint density at radius 3 is 2.31 bits per heavy atom. The minimum atomic E-state index is -0.231. The van der Waals surface area contributed by atoms with Gasteiger partial charge in [-0.15, -0.1) is 0 Å². The first-order valence-electron chi connectivity index (χ1n) is 10.1. The van der Waals surface area contributed by atoms with Gasteiger partial charge in [-0.2, -0.15) is 0 Å². The maximum Gasteiger partial charge on any atom is 0.255 e. The number of hydrogen-bond acceptors (Lipinski definition) is 4. The van der Waals surface area contributed by atoms with E-state index >= 15 is 0 Å². The van der Waals surface area contributed by atoms with E-state index in [2.05, 4.69) is 29.4 Å². The van der Waals surface area contributed by atoms with Crippen LogP contribution in [0.3, 0.4) is 0 Å². The Labute approximate surface area is 172 Å². The standard InChI is InChI=1S/C23H29N3O3/c1-17(2)18-6-8-21(9-7-18)25-23(28)20-5-3-4-19(16-20)22(27)24-10-11-26-12-14-29-15-13-26/h3-9,16-17H,10-15H2,1-2H3,(H,24,27)(H,25,28). The molecule has 1 fully saturated rings. The van der Waals surface area contributed by atoms with Gasteiger partial charge in [-0.05, 0) is 41.8 Å². The third kappa shape index (κ3) is 6.14. The molecule has 2 aromatic rings. The predicted octanol–water partition coefficient (Wildman–Crippen LogP) is 3.12. The summed E-state index contributed by atoms with van der Waals surface area (Å²) < 4.78 is 5.32. The zero-order chi connectivity index (χ0) is 20.6. The predicted molar refractivity (Wildman–Crippen MR) is 115 cm³/mol. The maximum atomic E-state index is 12.6. The van der Waals surface area contributed by atoms with E-state index in [0.29, 0.717) is 23.6 Å². The highest BCUT2D eigenvalue weighted by Gasteiger charge is 2.13. The van der Waals surface area contributed by atoms with Gasteiger partial charge in [0.05, 0.1) is 13.2 Å². The number of carbonyl (C=O) groups excluding carboxylic acids is 2. The van der Waals surface area contributed by atoms with Gasteiger partial charge < -0.3 is 15.4 Å². The summed E-state index contributed by atoms with van der Waals surface area (Å²) in [4.78, 5) is 27.3. The average molecular weight is 396 g/mol. The molecule has 0 atom stereocenters. The molecule has 154 valence electrons. The number of ether oxygens (including phenoxy) is 1. The topological polar surface area (TPSA) is 70.7 Å². The number of hydrogen-bond donors (Lipinski definition) is 2. The van der Waals surface area contributed by atoms with Crippen LogP contribution in [0.1, 0.15) is 46.0 Å². The number of rotatable bonds is 7. The van der Waals surface area contributed by atoms with Gasteiger partial charge in [-0.1, -0.05) is 32.0 Å². The van der Waals surface area contributed by atoms with E-state index in [1.54, 1.807) is 24.3 Å². The van der Waals surface area contributed by atoms with E-state index in [0.717, 1.165) is 38.5 Å². The van der Waals surface area contributed by atoms with Gasteiger partial charge in [0.2, 0.25) is 0 Å². The van der Waals surface area contributed by atoms with Crippen LogP contribution in [0, 0.1) is 0 Å². The molecule has 0 unspecified atom stereocenters. The van der Waals surface area contributed by atoms with Gasteiger partial charge in [0.1, 0.15) is 0 Å². The summed E-state index contributed by atoms with van der Waals surface area (Å²) in [6, 6.07) is 14.6. The zero-order valence-corrected chi connectivity index (χ0v) is 17.1. The number of carbonyl (C=O) groups is 2. The number of benzene rings is 2. The molecule has 3 rings (SSSR count). The largest absolute Gasteiger partial charge is 0.379 e. The van der Waals surface area contributed by atoms with Crippen LogP contribution in [0.15, 0.2) is 48.5 Å². The van der Waals surface area contributed by atoms with E-state index < -0.39 is 0 Å². The molecule has 0 aliphatic carbocycles. The molecule has 2 amide bonds. The average Bonchev–Trinajstić information content (AvgIpc) is 2.75. The summed E-state index contributed by atoms with van der Waals surface area (Å²) in [5, 5.41) is 5.81. The van der Waals surface area contributed by atoms with Crippen LogP contribution >= 0.6 is 0 Å². The molecule has 0 bridgehead atoms. The molecule has 1 saturated heterocycles. The molecule has 29 heavy (non-hydrogen) atoms. The third-order valence-electron chi connectivity index (χ3n) is 5.04. The van der Waals surface area contributed by atoms with E-state index in [9.17, 15) is 9.59 Å². The van der Waals surface area contributed by atoms with Gasteiger partial charge >= 0.3 is 0 Å². The molecular weight excluding hydrogens is 366 g/mol. The number of anilines is 1. The van der Waals surface area contributed by atoms with Crippen LogP contribution in [0.2, 0.25) is 0 Å². The molecule has 6 nitrogen and oxygen atoms in total. The van der Waals surface area contributed by atoms with Crippen LogP contribution in [-0.4, -0.2) is 56.1 Å². The Hall–Kier alpha value is -2.70. The number of morpholine rings is 1. The number of nitrogens with one attached hydrogen (secondary N) is 2. The van der Waals surface area contributed by atoms with E-state index in [1.807, 2.05) is 24.3 Å². The molecule has 2 aromatic carbocycles. The summed E-state index contributed by atoms with van der Waals surface area (Å²) in [6.45, 7) is 8.89. The summed E-state index contributed by atoms with van der Waals surface area (Å²) >= 11 is 0. The van der Waals surface area contributed by atoms with Gasteiger partial charge in [0.15, 0.2) is 0 Å². The monoisotopic (exact) mass is 395 g/mol. The quantitative estimate of drug-likeness (QED) is 0.756. The van der Waals surface area contributed by atoms with Crippen LogP contribution in [0.4, 0.5) is 5.69 Å². The van der Waals surface area contributed by atoms with E-state index in [-0.39, 0.29) is 11.8 Å². The summed E-state index contributed by atoms with van der Waals surface area (Å²) in [5.41, 5.74) is 2.90. The molecule has 1 aliphatic rings. The molecule has 0 radical (unpaired) electrons. The minimum Gasteiger partial charge on any atom is -0.379 e. The fourth-order valence-corrected chi connectivity index (χ4v) is 3.21. The lowest BCUT2D eigenvalue weighted by atomic mass is 10.0. The first-order valence-corrected chi connectivity index (χ1v) is 10.1. The van der Waals surface area contributed by atoms with Crippen molar-refractivity contribution < 1.29 is 14.3 Å². The molecule has 6 heteroatoms. The van der Waals surface area contributed by atoms with Gasteiger partial charge in [0, 0.05) is 43.0 Å². The third-order valence-corrected chi connectivity index (χ3v) is 5.04. The normalized spacial score (nSPS) is 14.6. The molecule has 1 aliphatic heterocycles. The van der Waals surface area contributed by atoms with E-state index in [1.165, 1.54) is 5.56 Å². The van der Waals surface area contributed by atoms with Crippen molar-refractivity contribution in [3.8, 4) is 0 Å². The Morgan fingerprint density at radius 2 is 1.66 bits per heavy atom. The van der Waals surface area contributed by atoms with Crippen LogP contribution in [-0.2, 0) is 4.74 Å². The highest BCUT2D eigenvalue weighted by Crippen LogP contribution is 2.18. The number of nitrogens with zero attached hydrogens (tertiary/aromatic N) is 1. The fraction of sp³-hybridized carbons (Fsp3) is 0.391. The highest BCUT2D eigenvalue weighted by atomic mass is 16.5. The molecular formula is C23H29N3O3. The van der Waals surface area contributed by atoms with Crippen molar-refractivity contribution in [2.24, 2.45) is 0 Å². The second-order valence-corrected chi connectivity index (χ2v) is 7.52. The van der Waals surface area contributed by atoms with Crippen LogP contribution < -0.4 is 10.6 Å². The Balaban J connectivity index is 1.54. The highest BCUT2D eigenvalue weighted by molar-refractivity contribution is 6.06. The SMILES string of the molecule is CC(C)c1ccc(NC(=O)c2cccc(C(=O)NCCN3CCOCC3)c2)cc1. The van der Waals surface area contributed by atoms with Crippen molar-refractivity contribution in [3.05, 3.63) is 65.2 Å². The van der Waals surface area contributed by atoms with Crippen molar-refractivity contribution >= 4 is 17.5 Å². The van der Waals surface area contributed by atoms with Crippen LogP contribution in [0.5, 0.6) is 0 Å². The molecule has 0 spiro atoms. The number of amides is 2. The van der Waals surface area contributed by atoms with Crippen molar-refractivity contribution in [2.45, 2.75) is 19.8 Å². The lowest BCUT2D eigenvalue weighted by molar-refractivity contribution is 0.0383. The molecule has 1 heterocycles. The zero-order valence-electron chi connectivity index (χ0n) is 17.1. The van der Waals surface area contributed by atoms with E-state index in [4.69, 9.17) is 4.74 Å². The smallest absolute Gasteiger partial charge is 0.255 e. The van der Waals surface area contributed by atoms with Crippen LogP contribution in [0.25, 0.3) is 0 Å². The fourth-order valence-electron chi connectivity index (χ4n) is 3.21. The molecule has 2 N–H and O–H groups in total. The van der Waals surface area contributed by atoms with Gasteiger partial charge in [0.25, 0.3) is 11.8 Å². The summed E-state index contributed by atoms with van der Waals surface area (Å²) in [5.74, 6) is 0.0395. The molecule has 0 saturated carbocycles. The Kier molecular flexibility index (Phi) is 7.38. The lowest BCUT2D eigenvalue weighted by Gasteiger charge is -2.26. The Bertz CT molecular complexity index is 828. The summed E-state index contributed by atoms with van der Waals surface area (Å²) in [6.07, 6.45) is 0. The maximum absolute atomic E-state index is 12.6. The van der Waals surface area contributed by atoms with Gasteiger partial charge in [-0.3, -0.25) is 14.5 Å². The van der Waals surface area contributed by atoms with Crippen molar-refractivity contribution in [1.82, 2.24) is 10.2 Å². The second-order valence-electron chi connectivity index (χ2n) is 7.52. The Morgan fingerprint density at radius 1 is 1.00 bits per heavy atom. The lowest BCUT2D eigenvalue weighted by Crippen LogP contribution is -2.41. The summed E-state index contributed by atoms with van der Waals surface area (Å²) in [7, 11) is 0. The van der Waals surface area contributed by atoms with Crippen molar-refractivity contribution in [2.75, 3.05) is 44.7 Å². The van der Waals surface area contributed by atoms with Crippen molar-refractivity contribution in [3.63, 3.8) is 0 Å². The van der Waals surface area contributed by atoms with Gasteiger partial charge in [-0.25, -0.2) is 0 Å². The minimum absolute atomic E-state index is 0.172.